The largest absolute Gasteiger partial charge is 0.274 e. The molecule has 5 rings (SSSR count). The van der Waals surface area contributed by atoms with E-state index in [4.69, 9.17) is 5.10 Å². The fraction of sp³-hybridized carbons (Fsp3) is 0.333. The van der Waals surface area contributed by atoms with E-state index in [2.05, 4.69) is 74.0 Å². The zero-order valence-corrected chi connectivity index (χ0v) is 20.4. The zero-order valence-electron chi connectivity index (χ0n) is 18.7. The van der Waals surface area contributed by atoms with Crippen LogP contribution < -0.4 is 0 Å². The molecule has 0 N–H and O–H groups in total. The summed E-state index contributed by atoms with van der Waals surface area (Å²) in [6.07, 6.45) is 5.49. The van der Waals surface area contributed by atoms with Gasteiger partial charge in [0.05, 0.1) is 11.8 Å². The van der Waals surface area contributed by atoms with Crippen LogP contribution in [0, 0.1) is 5.92 Å². The van der Waals surface area contributed by atoms with E-state index in [1.807, 2.05) is 12.1 Å². The molecule has 0 bridgehead atoms. The van der Waals surface area contributed by atoms with Gasteiger partial charge in [-0.1, -0.05) is 45.0 Å². The number of allylic oxidation sites excluding steroid dienone is 1. The molecule has 1 saturated carbocycles. The average molecular weight is 461 g/mol. The molecule has 1 amide bonds. The fourth-order valence-corrected chi connectivity index (χ4v) is 6.25. The lowest BCUT2D eigenvalue weighted by molar-refractivity contribution is 0.0684. The highest BCUT2D eigenvalue weighted by Crippen LogP contribution is 2.46. The van der Waals surface area contributed by atoms with Crippen molar-refractivity contribution < 1.29 is 4.79 Å². The van der Waals surface area contributed by atoms with Crippen molar-refractivity contribution in [2.24, 2.45) is 11.0 Å². The number of rotatable bonds is 3. The van der Waals surface area contributed by atoms with Crippen LogP contribution in [0.5, 0.6) is 0 Å². The van der Waals surface area contributed by atoms with E-state index in [0.29, 0.717) is 5.56 Å². The van der Waals surface area contributed by atoms with Gasteiger partial charge in [0, 0.05) is 21.2 Å². The second kappa shape index (κ2) is 8.45. The quantitative estimate of drug-likeness (QED) is 0.397. The number of carbonyl (C=O) groups excluding carboxylic acids is 1. The van der Waals surface area contributed by atoms with Gasteiger partial charge < -0.3 is 0 Å². The predicted octanol–water partition coefficient (Wildman–Crippen LogP) is 7.54. The van der Waals surface area contributed by atoms with E-state index in [1.54, 1.807) is 27.7 Å². The summed E-state index contributed by atoms with van der Waals surface area (Å²) in [6, 6.07) is 16.5. The number of thiophene rings is 2. The smallest absolute Gasteiger partial charge is 0.267 e. The topological polar surface area (TPSA) is 32.7 Å². The van der Waals surface area contributed by atoms with E-state index in [9.17, 15) is 4.79 Å². The number of fused-ring (bicyclic) bond motifs is 1. The normalized spacial score (nSPS) is 22.2. The molecule has 1 aliphatic carbocycles. The first-order valence-corrected chi connectivity index (χ1v) is 13.0. The molecule has 32 heavy (non-hydrogen) atoms. The van der Waals surface area contributed by atoms with Gasteiger partial charge in [0.2, 0.25) is 0 Å². The highest BCUT2D eigenvalue weighted by molar-refractivity contribution is 7.11. The highest BCUT2D eigenvalue weighted by Gasteiger charge is 2.44. The van der Waals surface area contributed by atoms with Crippen LogP contribution in [0.15, 0.2) is 70.0 Å². The van der Waals surface area contributed by atoms with E-state index in [1.165, 1.54) is 20.9 Å². The molecule has 5 heteroatoms. The molecule has 164 valence electrons. The van der Waals surface area contributed by atoms with Crippen molar-refractivity contribution >= 4 is 40.4 Å². The zero-order chi connectivity index (χ0) is 22.3. The molecule has 2 atom stereocenters. The van der Waals surface area contributed by atoms with Gasteiger partial charge in [0.25, 0.3) is 5.91 Å². The Kier molecular flexibility index (Phi) is 5.64. The molecule has 3 aromatic rings. The lowest BCUT2D eigenvalue weighted by Gasteiger charge is -2.28. The molecule has 0 radical (unpaired) electrons. The molecule has 1 aliphatic heterocycles. The van der Waals surface area contributed by atoms with Crippen molar-refractivity contribution in [1.82, 2.24) is 5.01 Å². The third-order valence-corrected chi connectivity index (χ3v) is 8.16. The summed E-state index contributed by atoms with van der Waals surface area (Å²) in [5, 5.41) is 11.0. The first-order valence-electron chi connectivity index (χ1n) is 11.2. The van der Waals surface area contributed by atoms with Crippen LogP contribution in [-0.4, -0.2) is 16.6 Å². The van der Waals surface area contributed by atoms with Crippen LogP contribution in [0.3, 0.4) is 0 Å². The van der Waals surface area contributed by atoms with Crippen molar-refractivity contribution in [2.75, 3.05) is 0 Å². The number of benzene rings is 1. The van der Waals surface area contributed by atoms with Crippen molar-refractivity contribution in [3.05, 3.63) is 85.7 Å². The highest BCUT2D eigenvalue weighted by atomic mass is 32.1. The minimum atomic E-state index is -0.0215. The number of carbonyl (C=O) groups is 1. The van der Waals surface area contributed by atoms with Crippen LogP contribution >= 0.6 is 22.7 Å². The molecular formula is C27H28N2OS2. The van der Waals surface area contributed by atoms with Crippen LogP contribution in [0.4, 0.5) is 0 Å². The van der Waals surface area contributed by atoms with Crippen molar-refractivity contribution in [3.8, 4) is 0 Å². The maximum absolute atomic E-state index is 13.7. The van der Waals surface area contributed by atoms with Gasteiger partial charge in [0.1, 0.15) is 0 Å². The Morgan fingerprint density at radius 3 is 2.47 bits per heavy atom. The monoisotopic (exact) mass is 460 g/mol. The molecule has 3 heterocycles. The molecule has 0 spiro atoms. The number of hydrogen-bond acceptors (Lipinski definition) is 4. The minimum absolute atomic E-state index is 0.0127. The standard InChI is InChI=1S/C27H28N2OS2/c1-27(2,3)20-13-11-18(12-14-20)26(30)29-25(23-10-6-16-32-23)22-9-4-7-19(24(22)28-29)17-21-8-5-15-31-21/h5-6,8,10-17,22,25H,4,7,9H2,1-3H3/b19-17-/t22-,25-/m0/s1. The lowest BCUT2D eigenvalue weighted by Crippen LogP contribution is -2.31. The summed E-state index contributed by atoms with van der Waals surface area (Å²) in [6.45, 7) is 6.57. The molecule has 0 unspecified atom stereocenters. The third-order valence-electron chi connectivity index (χ3n) is 6.40. The van der Waals surface area contributed by atoms with Crippen molar-refractivity contribution in [2.45, 2.75) is 51.5 Å². The minimum Gasteiger partial charge on any atom is -0.267 e. The van der Waals surface area contributed by atoms with Gasteiger partial charge in [-0.05, 0) is 76.9 Å². The van der Waals surface area contributed by atoms with Gasteiger partial charge >= 0.3 is 0 Å². The van der Waals surface area contributed by atoms with Crippen LogP contribution in [0.25, 0.3) is 6.08 Å². The summed E-state index contributed by atoms with van der Waals surface area (Å²) in [4.78, 5) is 16.1. The lowest BCUT2D eigenvalue weighted by atomic mass is 9.79. The van der Waals surface area contributed by atoms with Gasteiger partial charge in [-0.15, -0.1) is 22.7 Å². The molecule has 2 aliphatic rings. The Morgan fingerprint density at radius 1 is 1.06 bits per heavy atom. The summed E-state index contributed by atoms with van der Waals surface area (Å²) >= 11 is 3.47. The third kappa shape index (κ3) is 4.00. The summed E-state index contributed by atoms with van der Waals surface area (Å²) in [5.41, 5.74) is 4.37. The van der Waals surface area contributed by atoms with Gasteiger partial charge in [-0.25, -0.2) is 5.01 Å². The first kappa shape index (κ1) is 21.4. The van der Waals surface area contributed by atoms with Gasteiger partial charge in [-0.3, -0.25) is 4.79 Å². The van der Waals surface area contributed by atoms with Crippen LogP contribution in [0.2, 0.25) is 0 Å². The van der Waals surface area contributed by atoms with E-state index < -0.39 is 0 Å². The van der Waals surface area contributed by atoms with E-state index in [-0.39, 0.29) is 23.3 Å². The van der Waals surface area contributed by atoms with Crippen molar-refractivity contribution in [1.29, 1.82) is 0 Å². The second-order valence-corrected chi connectivity index (χ2v) is 11.6. The Hall–Kier alpha value is -2.50. The second-order valence-electron chi connectivity index (χ2n) is 9.61. The average Bonchev–Trinajstić information content (AvgIpc) is 3.53. The maximum Gasteiger partial charge on any atom is 0.274 e. The SMILES string of the molecule is CC(C)(C)c1ccc(C(=O)N2N=C3/C(=C\c4cccs4)CCC[C@@H]3[C@H]2c2cccs2)cc1. The molecule has 2 aromatic heterocycles. The Labute approximate surface area is 198 Å². The Balaban J connectivity index is 1.53. The molecule has 1 fully saturated rings. The predicted molar refractivity (Wildman–Crippen MR) is 135 cm³/mol. The van der Waals surface area contributed by atoms with Crippen molar-refractivity contribution in [3.63, 3.8) is 0 Å². The molecular weight excluding hydrogens is 432 g/mol. The Bertz CT molecular complexity index is 1150. The summed E-state index contributed by atoms with van der Waals surface area (Å²) < 4.78 is 0. The number of hydrazone groups is 1. The molecule has 1 aromatic carbocycles. The van der Waals surface area contributed by atoms with Crippen LogP contribution in [0.1, 0.15) is 71.8 Å². The molecule has 3 nitrogen and oxygen atoms in total. The van der Waals surface area contributed by atoms with E-state index >= 15 is 0 Å². The van der Waals surface area contributed by atoms with Gasteiger partial charge in [-0.2, -0.15) is 5.10 Å². The summed E-state index contributed by atoms with van der Waals surface area (Å²) in [7, 11) is 0. The van der Waals surface area contributed by atoms with Gasteiger partial charge in [0.15, 0.2) is 0 Å². The van der Waals surface area contributed by atoms with Crippen LogP contribution in [-0.2, 0) is 5.41 Å². The number of hydrogen-bond donors (Lipinski definition) is 0. The Morgan fingerprint density at radius 2 is 1.81 bits per heavy atom. The summed E-state index contributed by atoms with van der Waals surface area (Å²) in [5.74, 6) is 0.243. The number of amides is 1. The maximum atomic E-state index is 13.7. The number of nitrogens with zero attached hydrogens (tertiary/aromatic N) is 2. The molecule has 0 saturated heterocycles. The fourth-order valence-electron chi connectivity index (χ4n) is 4.70. The van der Waals surface area contributed by atoms with E-state index in [0.717, 1.165) is 25.0 Å². The first-order chi connectivity index (χ1) is 15.4.